The van der Waals surface area contributed by atoms with Crippen LogP contribution in [0.15, 0.2) is 36.4 Å². The summed E-state index contributed by atoms with van der Waals surface area (Å²) in [7, 11) is 0. The lowest BCUT2D eigenvalue weighted by Gasteiger charge is -2.30. The Morgan fingerprint density at radius 2 is 1.89 bits per heavy atom. The smallest absolute Gasteiger partial charge is 0.409 e. The Kier molecular flexibility index (Phi) is 4.92. The number of rotatable bonds is 3. The van der Waals surface area contributed by atoms with E-state index in [1.165, 1.54) is 0 Å². The molecule has 0 aromatic heterocycles. The summed E-state index contributed by atoms with van der Waals surface area (Å²) in [6, 6.07) is 7.42. The van der Waals surface area contributed by atoms with Crippen molar-refractivity contribution < 1.29 is 31.8 Å². The molecule has 3 rings (SSSR count). The Hall–Kier alpha value is -2.52. The van der Waals surface area contributed by atoms with E-state index in [4.69, 9.17) is 11.6 Å². The number of nitrogens with one attached hydrogen (secondary N) is 2. The van der Waals surface area contributed by atoms with Gasteiger partial charge in [0.15, 0.2) is 0 Å². The third-order valence-corrected chi connectivity index (χ3v) is 4.12. The number of carbonyl (C=O) groups excluding carboxylic acids is 1. The van der Waals surface area contributed by atoms with Crippen LogP contribution in [0.25, 0.3) is 0 Å². The Balaban J connectivity index is 1.67. The van der Waals surface area contributed by atoms with Crippen LogP contribution < -0.4 is 15.4 Å². The second-order valence-electron chi connectivity index (χ2n) is 5.79. The van der Waals surface area contributed by atoms with Gasteiger partial charge in [-0.15, -0.1) is 8.78 Å². The van der Waals surface area contributed by atoms with E-state index in [1.807, 2.05) is 6.92 Å². The van der Waals surface area contributed by atoms with E-state index in [2.05, 4.69) is 20.1 Å². The standard InChI is InChI=1S/C17H13ClF4N2O3/c1-9-2-3-10(6-13(9)18)8-23-15(25)24-11-4-5-14-12(7-11)16(19,20)27-17(21,22)26-14/h2-7H,8H2,1H3,(H2,23,24,25). The molecule has 144 valence electrons. The molecular weight excluding hydrogens is 392 g/mol. The number of alkyl halides is 4. The Morgan fingerprint density at radius 3 is 2.59 bits per heavy atom. The molecule has 0 saturated heterocycles. The lowest BCUT2D eigenvalue weighted by molar-refractivity contribution is -0.461. The Labute approximate surface area is 156 Å². The lowest BCUT2D eigenvalue weighted by Crippen LogP contribution is -2.41. The summed E-state index contributed by atoms with van der Waals surface area (Å²) >= 11 is 6.00. The van der Waals surface area contributed by atoms with Crippen molar-refractivity contribution >= 4 is 23.3 Å². The fraction of sp³-hybridized carbons (Fsp3) is 0.235. The average Bonchev–Trinajstić information content (AvgIpc) is 2.55. The molecule has 0 saturated carbocycles. The van der Waals surface area contributed by atoms with Crippen molar-refractivity contribution in [1.82, 2.24) is 5.32 Å². The van der Waals surface area contributed by atoms with Crippen LogP contribution in [0.4, 0.5) is 28.0 Å². The summed E-state index contributed by atoms with van der Waals surface area (Å²) in [6.45, 7) is 1.98. The molecule has 0 unspecified atom stereocenters. The van der Waals surface area contributed by atoms with Crippen LogP contribution in [0.1, 0.15) is 16.7 Å². The van der Waals surface area contributed by atoms with Gasteiger partial charge in [-0.2, -0.15) is 8.78 Å². The van der Waals surface area contributed by atoms with Gasteiger partial charge in [-0.05, 0) is 42.3 Å². The zero-order valence-corrected chi connectivity index (χ0v) is 14.5. The quantitative estimate of drug-likeness (QED) is 0.709. The Bertz CT molecular complexity index is 892. The van der Waals surface area contributed by atoms with Gasteiger partial charge in [0.2, 0.25) is 0 Å². The van der Waals surface area contributed by atoms with Crippen molar-refractivity contribution in [3.05, 3.63) is 58.1 Å². The van der Waals surface area contributed by atoms with Crippen LogP contribution in [-0.2, 0) is 17.4 Å². The van der Waals surface area contributed by atoms with E-state index < -0.39 is 29.7 Å². The monoisotopic (exact) mass is 404 g/mol. The SMILES string of the molecule is Cc1ccc(CNC(=O)Nc2ccc3c(c2)C(F)(F)OC(F)(F)O3)cc1Cl. The van der Waals surface area contributed by atoms with E-state index >= 15 is 0 Å². The predicted octanol–water partition coefficient (Wildman–Crippen LogP) is 4.98. The van der Waals surface area contributed by atoms with Crippen LogP contribution in [0.5, 0.6) is 5.75 Å². The lowest BCUT2D eigenvalue weighted by atomic mass is 10.1. The number of aryl methyl sites for hydroxylation is 1. The third kappa shape index (κ3) is 4.42. The second-order valence-corrected chi connectivity index (χ2v) is 6.19. The number of fused-ring (bicyclic) bond motifs is 1. The first kappa shape index (κ1) is 19.2. The molecule has 2 aromatic carbocycles. The van der Waals surface area contributed by atoms with Crippen LogP contribution >= 0.6 is 11.6 Å². The number of hydrogen-bond donors (Lipinski definition) is 2. The summed E-state index contributed by atoms with van der Waals surface area (Å²) in [4.78, 5) is 11.9. The fourth-order valence-electron chi connectivity index (χ4n) is 2.38. The highest BCUT2D eigenvalue weighted by atomic mass is 35.5. The molecule has 0 radical (unpaired) electrons. The highest BCUT2D eigenvalue weighted by Crippen LogP contribution is 2.46. The van der Waals surface area contributed by atoms with Gasteiger partial charge in [-0.25, -0.2) is 9.53 Å². The normalized spacial score (nSPS) is 16.8. The number of ether oxygens (including phenoxy) is 2. The molecule has 2 aromatic rings. The molecule has 1 aliphatic heterocycles. The van der Waals surface area contributed by atoms with Gasteiger partial charge in [-0.3, -0.25) is 0 Å². The van der Waals surface area contributed by atoms with Crippen molar-refractivity contribution in [3.8, 4) is 5.75 Å². The number of benzene rings is 2. The number of hydrogen-bond acceptors (Lipinski definition) is 3. The summed E-state index contributed by atoms with van der Waals surface area (Å²) < 4.78 is 60.8. The van der Waals surface area contributed by atoms with Gasteiger partial charge in [0.25, 0.3) is 0 Å². The average molecular weight is 405 g/mol. The molecule has 2 N–H and O–H groups in total. The van der Waals surface area contributed by atoms with E-state index in [0.717, 1.165) is 29.3 Å². The van der Waals surface area contributed by atoms with E-state index in [-0.39, 0.29) is 12.2 Å². The van der Waals surface area contributed by atoms with Gasteiger partial charge >= 0.3 is 18.4 Å². The molecule has 10 heteroatoms. The zero-order valence-electron chi connectivity index (χ0n) is 13.8. The first-order valence-corrected chi connectivity index (χ1v) is 8.03. The van der Waals surface area contributed by atoms with Crippen LogP contribution in [0, 0.1) is 6.92 Å². The molecule has 27 heavy (non-hydrogen) atoms. The molecular formula is C17H13ClF4N2O3. The van der Waals surface area contributed by atoms with E-state index in [0.29, 0.717) is 5.02 Å². The first-order valence-electron chi connectivity index (χ1n) is 7.65. The maximum atomic E-state index is 13.7. The number of anilines is 1. The highest BCUT2D eigenvalue weighted by Gasteiger charge is 2.54. The highest BCUT2D eigenvalue weighted by molar-refractivity contribution is 6.31. The molecule has 0 bridgehead atoms. The minimum absolute atomic E-state index is 0.0507. The van der Waals surface area contributed by atoms with Gasteiger partial charge in [0.05, 0.1) is 5.56 Å². The molecule has 1 heterocycles. The van der Waals surface area contributed by atoms with E-state index in [1.54, 1.807) is 18.2 Å². The number of urea groups is 1. The largest absolute Gasteiger partial charge is 0.540 e. The van der Waals surface area contributed by atoms with E-state index in [9.17, 15) is 22.4 Å². The van der Waals surface area contributed by atoms with Crippen molar-refractivity contribution in [2.45, 2.75) is 25.9 Å². The van der Waals surface area contributed by atoms with Crippen molar-refractivity contribution in [3.63, 3.8) is 0 Å². The molecule has 5 nitrogen and oxygen atoms in total. The maximum Gasteiger partial charge on any atom is 0.540 e. The van der Waals surface area contributed by atoms with Crippen LogP contribution in [0.2, 0.25) is 5.02 Å². The van der Waals surface area contributed by atoms with Gasteiger partial charge in [0, 0.05) is 17.3 Å². The minimum atomic E-state index is -4.45. The second kappa shape index (κ2) is 6.90. The summed E-state index contributed by atoms with van der Waals surface area (Å²) in [5.74, 6) is -0.739. The maximum absolute atomic E-state index is 13.7. The summed E-state index contributed by atoms with van der Waals surface area (Å²) in [6.07, 6.45) is -8.72. The molecule has 0 aliphatic carbocycles. The van der Waals surface area contributed by atoms with Gasteiger partial charge in [0.1, 0.15) is 5.75 Å². The first-order chi connectivity index (χ1) is 12.6. The number of halogens is 5. The summed E-state index contributed by atoms with van der Waals surface area (Å²) in [5, 5.41) is 5.41. The number of carbonyl (C=O) groups is 1. The number of amides is 2. The topological polar surface area (TPSA) is 59.6 Å². The fourth-order valence-corrected chi connectivity index (χ4v) is 2.58. The molecule has 2 amide bonds. The molecule has 0 atom stereocenters. The van der Waals surface area contributed by atoms with Crippen LogP contribution in [0.3, 0.4) is 0 Å². The molecule has 1 aliphatic rings. The van der Waals surface area contributed by atoms with Crippen LogP contribution in [-0.4, -0.2) is 12.3 Å². The van der Waals surface area contributed by atoms with Gasteiger partial charge < -0.3 is 15.4 Å². The predicted molar refractivity (Wildman–Crippen MR) is 89.0 cm³/mol. The zero-order chi connectivity index (χ0) is 19.8. The molecule has 0 spiro atoms. The minimum Gasteiger partial charge on any atom is -0.409 e. The summed E-state index contributed by atoms with van der Waals surface area (Å²) in [5.41, 5.74) is 0.651. The third-order valence-electron chi connectivity index (χ3n) is 3.72. The molecule has 0 fully saturated rings. The van der Waals surface area contributed by atoms with Crippen molar-refractivity contribution in [1.29, 1.82) is 0 Å². The van der Waals surface area contributed by atoms with Gasteiger partial charge in [-0.1, -0.05) is 23.7 Å². The Morgan fingerprint density at radius 1 is 1.15 bits per heavy atom. The van der Waals surface area contributed by atoms with Crippen molar-refractivity contribution in [2.75, 3.05) is 5.32 Å². The van der Waals surface area contributed by atoms with Crippen molar-refractivity contribution in [2.24, 2.45) is 0 Å².